The molecule has 1 rings (SSSR count). The zero-order valence-electron chi connectivity index (χ0n) is 8.14. The molecule has 0 unspecified atom stereocenters. The number of aliphatic hydroxyl groups excluding tert-OH is 1. The van der Waals surface area contributed by atoms with Crippen LogP contribution in [0.2, 0.25) is 0 Å². The Bertz CT molecular complexity index is 246. The van der Waals surface area contributed by atoms with E-state index >= 15 is 0 Å². The molecule has 0 aliphatic heterocycles. The smallest absolute Gasteiger partial charge is 0.0943 e. The summed E-state index contributed by atoms with van der Waals surface area (Å²) in [6.45, 7) is 4.02. The lowest BCUT2D eigenvalue weighted by Gasteiger charge is -2.22. The van der Waals surface area contributed by atoms with Crippen LogP contribution in [0.4, 0.5) is 0 Å². The minimum absolute atomic E-state index is 0.192. The molecule has 72 valence electrons. The Morgan fingerprint density at radius 1 is 1.15 bits per heavy atom. The molecule has 0 aliphatic rings. The Morgan fingerprint density at radius 3 is 2.15 bits per heavy atom. The van der Waals surface area contributed by atoms with Crippen molar-refractivity contribution >= 4 is 0 Å². The Morgan fingerprint density at radius 2 is 1.69 bits per heavy atom. The molecule has 0 bridgehead atoms. The van der Waals surface area contributed by atoms with E-state index in [1.807, 2.05) is 44.2 Å². The zero-order chi connectivity index (χ0) is 9.84. The molecular weight excluding hydrogens is 162 g/mol. The standard InChI is InChI=1S/C11H17NO/c1-8(2)10(12)11(13)9-6-4-3-5-7-9/h3-8,10-11,13H,12H2,1-2H3/t10-,11+/m1/s1. The average Bonchev–Trinajstić information content (AvgIpc) is 2.17. The van der Waals surface area contributed by atoms with Gasteiger partial charge in [0.15, 0.2) is 0 Å². The van der Waals surface area contributed by atoms with Gasteiger partial charge in [0.05, 0.1) is 6.10 Å². The van der Waals surface area contributed by atoms with Crippen LogP contribution in [-0.4, -0.2) is 11.1 Å². The summed E-state index contributed by atoms with van der Waals surface area (Å²) in [6, 6.07) is 9.34. The summed E-state index contributed by atoms with van der Waals surface area (Å²) in [5.74, 6) is 0.287. The van der Waals surface area contributed by atoms with Gasteiger partial charge in [0.25, 0.3) is 0 Å². The van der Waals surface area contributed by atoms with Gasteiger partial charge in [0.2, 0.25) is 0 Å². The van der Waals surface area contributed by atoms with Crippen molar-refractivity contribution in [3.05, 3.63) is 35.9 Å². The van der Waals surface area contributed by atoms with E-state index in [2.05, 4.69) is 0 Å². The summed E-state index contributed by atoms with van der Waals surface area (Å²) in [6.07, 6.45) is -0.554. The van der Waals surface area contributed by atoms with E-state index in [-0.39, 0.29) is 12.0 Å². The maximum Gasteiger partial charge on any atom is 0.0943 e. The first-order valence-electron chi connectivity index (χ1n) is 4.61. The van der Waals surface area contributed by atoms with Crippen LogP contribution >= 0.6 is 0 Å². The van der Waals surface area contributed by atoms with Gasteiger partial charge in [-0.3, -0.25) is 0 Å². The van der Waals surface area contributed by atoms with Gasteiger partial charge in [-0.25, -0.2) is 0 Å². The molecule has 1 aromatic rings. The molecular formula is C11H17NO. The molecule has 0 aromatic heterocycles. The molecule has 0 saturated carbocycles. The van der Waals surface area contributed by atoms with Gasteiger partial charge in [-0.1, -0.05) is 44.2 Å². The fourth-order valence-corrected chi connectivity index (χ4v) is 1.24. The second kappa shape index (κ2) is 4.40. The molecule has 0 saturated heterocycles. The topological polar surface area (TPSA) is 46.2 Å². The van der Waals surface area contributed by atoms with Crippen molar-refractivity contribution in [2.24, 2.45) is 11.7 Å². The first kappa shape index (κ1) is 10.2. The highest BCUT2D eigenvalue weighted by atomic mass is 16.3. The number of benzene rings is 1. The third-order valence-corrected chi connectivity index (χ3v) is 2.28. The largest absolute Gasteiger partial charge is 0.387 e. The van der Waals surface area contributed by atoms with Crippen LogP contribution < -0.4 is 5.73 Å². The summed E-state index contributed by atoms with van der Waals surface area (Å²) in [4.78, 5) is 0. The maximum atomic E-state index is 9.83. The predicted molar refractivity (Wildman–Crippen MR) is 54.2 cm³/mol. The van der Waals surface area contributed by atoms with E-state index in [0.29, 0.717) is 0 Å². The van der Waals surface area contributed by atoms with Crippen molar-refractivity contribution in [1.29, 1.82) is 0 Å². The Labute approximate surface area is 79.4 Å². The summed E-state index contributed by atoms with van der Waals surface area (Å²) >= 11 is 0. The van der Waals surface area contributed by atoms with Crippen molar-refractivity contribution < 1.29 is 5.11 Å². The van der Waals surface area contributed by atoms with E-state index in [1.54, 1.807) is 0 Å². The number of hydrogen-bond donors (Lipinski definition) is 2. The minimum atomic E-state index is -0.554. The van der Waals surface area contributed by atoms with Crippen molar-refractivity contribution in [3.63, 3.8) is 0 Å². The quantitative estimate of drug-likeness (QED) is 0.742. The minimum Gasteiger partial charge on any atom is -0.387 e. The van der Waals surface area contributed by atoms with Crippen LogP contribution in [0.25, 0.3) is 0 Å². The van der Waals surface area contributed by atoms with Gasteiger partial charge in [-0.2, -0.15) is 0 Å². The van der Waals surface area contributed by atoms with Crippen LogP contribution in [0, 0.1) is 5.92 Å². The fourth-order valence-electron chi connectivity index (χ4n) is 1.24. The van der Waals surface area contributed by atoms with Gasteiger partial charge >= 0.3 is 0 Å². The Balaban J connectivity index is 2.73. The molecule has 0 amide bonds. The third-order valence-electron chi connectivity index (χ3n) is 2.28. The first-order valence-corrected chi connectivity index (χ1v) is 4.61. The molecule has 0 heterocycles. The summed E-state index contributed by atoms with van der Waals surface area (Å²) in [5.41, 5.74) is 6.73. The molecule has 0 aliphatic carbocycles. The highest BCUT2D eigenvalue weighted by molar-refractivity contribution is 5.18. The van der Waals surface area contributed by atoms with Crippen LogP contribution in [0.5, 0.6) is 0 Å². The van der Waals surface area contributed by atoms with Crippen LogP contribution in [-0.2, 0) is 0 Å². The molecule has 2 heteroatoms. The van der Waals surface area contributed by atoms with E-state index in [4.69, 9.17) is 5.73 Å². The lowest BCUT2D eigenvalue weighted by molar-refractivity contribution is 0.126. The van der Waals surface area contributed by atoms with E-state index < -0.39 is 6.10 Å². The summed E-state index contributed by atoms with van der Waals surface area (Å²) < 4.78 is 0. The normalized spacial score (nSPS) is 15.8. The van der Waals surface area contributed by atoms with Crippen molar-refractivity contribution in [2.75, 3.05) is 0 Å². The van der Waals surface area contributed by atoms with Gasteiger partial charge in [0, 0.05) is 6.04 Å². The molecule has 0 fully saturated rings. The zero-order valence-corrected chi connectivity index (χ0v) is 8.14. The molecule has 2 atom stereocenters. The van der Waals surface area contributed by atoms with Crippen LogP contribution in [0.15, 0.2) is 30.3 Å². The molecule has 0 radical (unpaired) electrons. The second-order valence-corrected chi connectivity index (χ2v) is 3.68. The third kappa shape index (κ3) is 2.54. The number of rotatable bonds is 3. The van der Waals surface area contributed by atoms with Gasteiger partial charge < -0.3 is 10.8 Å². The van der Waals surface area contributed by atoms with Crippen molar-refractivity contribution in [3.8, 4) is 0 Å². The molecule has 2 nitrogen and oxygen atoms in total. The van der Waals surface area contributed by atoms with Crippen LogP contribution in [0.3, 0.4) is 0 Å². The highest BCUT2D eigenvalue weighted by Gasteiger charge is 2.19. The summed E-state index contributed by atoms with van der Waals surface area (Å²) in [7, 11) is 0. The predicted octanol–water partition coefficient (Wildman–Crippen LogP) is 1.70. The monoisotopic (exact) mass is 179 g/mol. The van der Waals surface area contributed by atoms with Crippen molar-refractivity contribution in [2.45, 2.75) is 26.0 Å². The van der Waals surface area contributed by atoms with E-state index in [9.17, 15) is 5.11 Å². The second-order valence-electron chi connectivity index (χ2n) is 3.68. The van der Waals surface area contributed by atoms with Gasteiger partial charge in [0.1, 0.15) is 0 Å². The molecule has 1 aromatic carbocycles. The number of nitrogens with two attached hydrogens (primary N) is 1. The highest BCUT2D eigenvalue weighted by Crippen LogP contribution is 2.19. The SMILES string of the molecule is CC(C)[C@@H](N)[C@@H](O)c1ccccc1. The summed E-state index contributed by atoms with van der Waals surface area (Å²) in [5, 5.41) is 9.83. The van der Waals surface area contributed by atoms with Crippen molar-refractivity contribution in [1.82, 2.24) is 0 Å². The first-order chi connectivity index (χ1) is 6.13. The fraction of sp³-hybridized carbons (Fsp3) is 0.455. The van der Waals surface area contributed by atoms with Gasteiger partial charge in [-0.15, -0.1) is 0 Å². The Hall–Kier alpha value is -0.860. The van der Waals surface area contributed by atoms with E-state index in [1.165, 1.54) is 0 Å². The van der Waals surface area contributed by atoms with Gasteiger partial charge in [-0.05, 0) is 11.5 Å². The lowest BCUT2D eigenvalue weighted by Crippen LogP contribution is -2.33. The number of hydrogen-bond acceptors (Lipinski definition) is 2. The number of aliphatic hydroxyl groups is 1. The molecule has 3 N–H and O–H groups in total. The maximum absolute atomic E-state index is 9.83. The van der Waals surface area contributed by atoms with Crippen LogP contribution in [0.1, 0.15) is 25.5 Å². The lowest BCUT2D eigenvalue weighted by atomic mass is 9.94. The molecule has 13 heavy (non-hydrogen) atoms. The molecule has 0 spiro atoms. The van der Waals surface area contributed by atoms with E-state index in [0.717, 1.165) is 5.56 Å². The average molecular weight is 179 g/mol. The Kier molecular flexibility index (Phi) is 3.46.